The number of hydrogen-bond acceptors (Lipinski definition) is 4. The molecule has 0 spiro atoms. The van der Waals surface area contributed by atoms with Crippen LogP contribution in [0.3, 0.4) is 0 Å². The number of nitrogens with zero attached hydrogens (tertiary/aromatic N) is 2. The minimum atomic E-state index is -0.397. The van der Waals surface area contributed by atoms with Crippen molar-refractivity contribution in [3.63, 3.8) is 0 Å². The van der Waals surface area contributed by atoms with Gasteiger partial charge in [-0.25, -0.2) is 4.79 Å². The summed E-state index contributed by atoms with van der Waals surface area (Å²) in [4.78, 5) is 11.5. The molecule has 0 aliphatic carbocycles. The molecule has 5 nitrogen and oxygen atoms in total. The van der Waals surface area contributed by atoms with Crippen LogP contribution in [0.25, 0.3) is 0 Å². The number of hydrogen-bond donors (Lipinski definition) is 1. The van der Waals surface area contributed by atoms with E-state index in [2.05, 4.69) is 5.10 Å². The highest BCUT2D eigenvalue weighted by atomic mass is 16.5. The Labute approximate surface area is 88.7 Å². The quantitative estimate of drug-likeness (QED) is 0.723. The fraction of sp³-hybridized carbons (Fsp3) is 0.600. The summed E-state index contributed by atoms with van der Waals surface area (Å²) in [5.41, 5.74) is 1.18. The molecule has 84 valence electrons. The molecule has 0 aliphatic rings. The molecule has 0 saturated carbocycles. The Hall–Kier alpha value is -1.36. The summed E-state index contributed by atoms with van der Waals surface area (Å²) in [6, 6.07) is 0. The number of ether oxygens (including phenoxy) is 1. The van der Waals surface area contributed by atoms with Crippen LogP contribution in [0, 0.1) is 0 Å². The second-order valence-electron chi connectivity index (χ2n) is 3.22. The number of aliphatic hydroxyl groups is 1. The minimum absolute atomic E-state index is 0.108. The van der Waals surface area contributed by atoms with Crippen molar-refractivity contribution in [3.8, 4) is 0 Å². The maximum atomic E-state index is 11.5. The van der Waals surface area contributed by atoms with Gasteiger partial charge >= 0.3 is 5.97 Å². The third kappa shape index (κ3) is 3.06. The van der Waals surface area contributed by atoms with Gasteiger partial charge in [0.15, 0.2) is 5.69 Å². The molecular formula is C10H16N2O3. The molecule has 0 radical (unpaired) electrons. The van der Waals surface area contributed by atoms with Crippen LogP contribution in [0.1, 0.15) is 29.4 Å². The van der Waals surface area contributed by atoms with Crippen LogP contribution >= 0.6 is 0 Å². The van der Waals surface area contributed by atoms with E-state index in [-0.39, 0.29) is 6.61 Å². The molecule has 1 rings (SSSR count). The van der Waals surface area contributed by atoms with Gasteiger partial charge in [-0.1, -0.05) is 0 Å². The van der Waals surface area contributed by atoms with Gasteiger partial charge in [-0.3, -0.25) is 4.68 Å². The molecule has 0 aliphatic heterocycles. The Balaban J connectivity index is 2.80. The third-order valence-corrected chi connectivity index (χ3v) is 1.98. The lowest BCUT2D eigenvalue weighted by molar-refractivity contribution is 0.0517. The molecule has 0 fully saturated rings. The summed E-state index contributed by atoms with van der Waals surface area (Å²) >= 11 is 0. The SMILES string of the molecule is CCOC(=O)c1nn(C)cc1CCCO. The Bertz CT molecular complexity index is 333. The van der Waals surface area contributed by atoms with Crippen molar-refractivity contribution in [3.05, 3.63) is 17.5 Å². The van der Waals surface area contributed by atoms with Gasteiger partial charge in [-0.05, 0) is 19.8 Å². The van der Waals surface area contributed by atoms with Crippen LogP contribution in [0.15, 0.2) is 6.20 Å². The van der Waals surface area contributed by atoms with Gasteiger partial charge in [0.05, 0.1) is 6.61 Å². The number of aromatic nitrogens is 2. The summed E-state index contributed by atoms with van der Waals surface area (Å²) in [5, 5.41) is 12.8. The van der Waals surface area contributed by atoms with Crippen LogP contribution in [0.5, 0.6) is 0 Å². The zero-order chi connectivity index (χ0) is 11.3. The van der Waals surface area contributed by atoms with Gasteiger partial charge in [-0.15, -0.1) is 0 Å². The first-order valence-electron chi connectivity index (χ1n) is 4.99. The van der Waals surface area contributed by atoms with Gasteiger partial charge < -0.3 is 9.84 Å². The molecule has 1 aromatic rings. The van der Waals surface area contributed by atoms with Gasteiger partial charge in [0.2, 0.25) is 0 Å². The van der Waals surface area contributed by atoms with Crippen molar-refractivity contribution in [2.24, 2.45) is 7.05 Å². The van der Waals surface area contributed by atoms with Crippen molar-refractivity contribution in [1.82, 2.24) is 9.78 Å². The molecule has 1 heterocycles. The highest BCUT2D eigenvalue weighted by molar-refractivity contribution is 5.88. The second kappa shape index (κ2) is 5.50. The molecule has 1 N–H and O–H groups in total. The van der Waals surface area contributed by atoms with Crippen LogP contribution in [0.2, 0.25) is 0 Å². The van der Waals surface area contributed by atoms with E-state index in [9.17, 15) is 4.79 Å². The summed E-state index contributed by atoms with van der Waals surface area (Å²) in [5.74, 6) is -0.397. The molecule has 0 saturated heterocycles. The van der Waals surface area contributed by atoms with E-state index in [1.54, 1.807) is 24.9 Å². The van der Waals surface area contributed by atoms with E-state index in [0.29, 0.717) is 25.1 Å². The maximum absolute atomic E-state index is 11.5. The Morgan fingerprint density at radius 3 is 3.00 bits per heavy atom. The lowest BCUT2D eigenvalue weighted by atomic mass is 10.1. The Morgan fingerprint density at radius 2 is 2.40 bits per heavy atom. The first kappa shape index (κ1) is 11.7. The van der Waals surface area contributed by atoms with Gasteiger partial charge in [0.25, 0.3) is 0 Å². The third-order valence-electron chi connectivity index (χ3n) is 1.98. The number of aryl methyl sites for hydroxylation is 2. The maximum Gasteiger partial charge on any atom is 0.359 e. The van der Waals surface area contributed by atoms with Crippen molar-refractivity contribution >= 4 is 5.97 Å². The zero-order valence-corrected chi connectivity index (χ0v) is 9.06. The van der Waals surface area contributed by atoms with Crippen LogP contribution in [-0.2, 0) is 18.2 Å². The molecule has 1 aromatic heterocycles. The van der Waals surface area contributed by atoms with E-state index in [1.165, 1.54) is 0 Å². The molecule has 0 aromatic carbocycles. The summed E-state index contributed by atoms with van der Waals surface area (Å²) in [6.07, 6.45) is 3.04. The van der Waals surface area contributed by atoms with E-state index in [1.807, 2.05) is 0 Å². The highest BCUT2D eigenvalue weighted by Gasteiger charge is 2.16. The van der Waals surface area contributed by atoms with Gasteiger partial charge in [-0.2, -0.15) is 5.10 Å². The zero-order valence-electron chi connectivity index (χ0n) is 9.06. The number of carbonyl (C=O) groups excluding carboxylic acids is 1. The lowest BCUT2D eigenvalue weighted by Crippen LogP contribution is -2.08. The minimum Gasteiger partial charge on any atom is -0.461 e. The normalized spacial score (nSPS) is 10.3. The van der Waals surface area contributed by atoms with Crippen LogP contribution < -0.4 is 0 Å². The second-order valence-corrected chi connectivity index (χ2v) is 3.22. The predicted octanol–water partition coefficient (Wildman–Crippen LogP) is 0.522. The van der Waals surface area contributed by atoms with E-state index in [4.69, 9.17) is 9.84 Å². The topological polar surface area (TPSA) is 64.3 Å². The fourth-order valence-electron chi connectivity index (χ4n) is 1.36. The predicted molar refractivity (Wildman–Crippen MR) is 54.6 cm³/mol. The van der Waals surface area contributed by atoms with Gasteiger partial charge in [0.1, 0.15) is 0 Å². The average Bonchev–Trinajstić information content (AvgIpc) is 2.57. The summed E-state index contributed by atoms with van der Waals surface area (Å²) in [6.45, 7) is 2.21. The molecule has 0 bridgehead atoms. The fourth-order valence-corrected chi connectivity index (χ4v) is 1.36. The Kier molecular flexibility index (Phi) is 4.30. The van der Waals surface area contributed by atoms with E-state index in [0.717, 1.165) is 5.56 Å². The smallest absolute Gasteiger partial charge is 0.359 e. The Morgan fingerprint density at radius 1 is 1.67 bits per heavy atom. The monoisotopic (exact) mass is 212 g/mol. The van der Waals surface area contributed by atoms with Crippen molar-refractivity contribution < 1.29 is 14.6 Å². The molecule has 0 unspecified atom stereocenters. The molecule has 0 atom stereocenters. The first-order valence-corrected chi connectivity index (χ1v) is 4.99. The van der Waals surface area contributed by atoms with Crippen molar-refractivity contribution in [2.45, 2.75) is 19.8 Å². The average molecular weight is 212 g/mol. The first-order chi connectivity index (χ1) is 7.19. The summed E-state index contributed by atoms with van der Waals surface area (Å²) < 4.78 is 6.47. The molecule has 0 amide bonds. The number of aliphatic hydroxyl groups excluding tert-OH is 1. The lowest BCUT2D eigenvalue weighted by Gasteiger charge is -2.00. The van der Waals surface area contributed by atoms with Gasteiger partial charge in [0, 0.05) is 25.4 Å². The number of rotatable bonds is 5. The van der Waals surface area contributed by atoms with E-state index < -0.39 is 5.97 Å². The molecule has 15 heavy (non-hydrogen) atoms. The largest absolute Gasteiger partial charge is 0.461 e. The summed E-state index contributed by atoms with van der Waals surface area (Å²) in [7, 11) is 1.76. The van der Waals surface area contributed by atoms with Crippen molar-refractivity contribution in [1.29, 1.82) is 0 Å². The molecular weight excluding hydrogens is 196 g/mol. The number of esters is 1. The van der Waals surface area contributed by atoms with Crippen molar-refractivity contribution in [2.75, 3.05) is 13.2 Å². The standard InChI is InChI=1S/C10H16N2O3/c1-3-15-10(14)9-8(5-4-6-13)7-12(2)11-9/h7,13H,3-6H2,1-2H3. The molecule has 5 heteroatoms. The van der Waals surface area contributed by atoms with E-state index >= 15 is 0 Å². The van der Waals surface area contributed by atoms with Crippen LogP contribution in [-0.4, -0.2) is 34.1 Å². The highest BCUT2D eigenvalue weighted by Crippen LogP contribution is 2.10. The van der Waals surface area contributed by atoms with Crippen LogP contribution in [0.4, 0.5) is 0 Å². The number of carbonyl (C=O) groups is 1.